The van der Waals surface area contributed by atoms with Gasteiger partial charge in [0.15, 0.2) is 0 Å². The van der Waals surface area contributed by atoms with E-state index in [4.69, 9.17) is 4.99 Å². The van der Waals surface area contributed by atoms with Crippen LogP contribution in [0.2, 0.25) is 0 Å². The van der Waals surface area contributed by atoms with E-state index in [0.29, 0.717) is 18.8 Å². The SMILES string of the molecule is CC(C)C1N=C(Cc2cccnc2)N(CCCN2CCCCC2=O)C1C=O. The highest BCUT2D eigenvalue weighted by molar-refractivity contribution is 5.90. The lowest BCUT2D eigenvalue weighted by atomic mass is 9.98. The van der Waals surface area contributed by atoms with Gasteiger partial charge in [0.2, 0.25) is 5.91 Å². The van der Waals surface area contributed by atoms with Gasteiger partial charge >= 0.3 is 0 Å². The van der Waals surface area contributed by atoms with E-state index in [9.17, 15) is 9.59 Å². The Hall–Kier alpha value is -2.24. The van der Waals surface area contributed by atoms with Gasteiger partial charge in [-0.15, -0.1) is 0 Å². The number of amidine groups is 1. The Bertz CT molecular complexity index is 674. The fourth-order valence-corrected chi connectivity index (χ4v) is 4.02. The molecule has 0 saturated carbocycles. The van der Waals surface area contributed by atoms with Gasteiger partial charge in [0, 0.05) is 44.9 Å². The average Bonchev–Trinajstić information content (AvgIpc) is 3.02. The summed E-state index contributed by atoms with van der Waals surface area (Å²) in [5.41, 5.74) is 1.10. The molecule has 0 radical (unpaired) electrons. The van der Waals surface area contributed by atoms with Crippen molar-refractivity contribution in [2.75, 3.05) is 19.6 Å². The second kappa shape index (κ2) is 9.11. The first kappa shape index (κ1) is 19.5. The molecule has 0 N–H and O–H groups in total. The van der Waals surface area contributed by atoms with Crippen LogP contribution < -0.4 is 0 Å². The Balaban J connectivity index is 1.67. The molecule has 2 aliphatic rings. The van der Waals surface area contributed by atoms with Crippen molar-refractivity contribution < 1.29 is 9.59 Å². The Kier molecular flexibility index (Phi) is 6.58. The Morgan fingerprint density at radius 3 is 2.81 bits per heavy atom. The number of rotatable bonds is 8. The average molecular weight is 370 g/mol. The summed E-state index contributed by atoms with van der Waals surface area (Å²) in [4.78, 5) is 37.1. The standard InChI is InChI=1S/C21H30N4O2/c1-16(2)21-18(15-26)25(12-6-11-24-10-4-3-8-20(24)27)19(23-21)13-17-7-5-9-22-14-17/h5,7,9,14-16,18,21H,3-4,6,8,10-13H2,1-2H3. The van der Waals surface area contributed by atoms with Crippen LogP contribution in [0.4, 0.5) is 0 Å². The lowest BCUT2D eigenvalue weighted by Gasteiger charge is -2.30. The van der Waals surface area contributed by atoms with Crippen molar-refractivity contribution in [2.45, 2.75) is 58.0 Å². The first-order valence-corrected chi connectivity index (χ1v) is 10.1. The molecular weight excluding hydrogens is 340 g/mol. The predicted molar refractivity (Wildman–Crippen MR) is 106 cm³/mol. The van der Waals surface area contributed by atoms with Gasteiger partial charge in [-0.3, -0.25) is 14.8 Å². The maximum absolute atomic E-state index is 12.0. The smallest absolute Gasteiger partial charge is 0.222 e. The van der Waals surface area contributed by atoms with Gasteiger partial charge in [0.05, 0.1) is 6.04 Å². The molecule has 1 amide bonds. The molecule has 6 heteroatoms. The van der Waals surface area contributed by atoms with Gasteiger partial charge in [-0.05, 0) is 36.8 Å². The van der Waals surface area contributed by atoms with E-state index >= 15 is 0 Å². The van der Waals surface area contributed by atoms with Crippen LogP contribution in [0.5, 0.6) is 0 Å². The molecule has 146 valence electrons. The molecule has 0 aromatic carbocycles. The topological polar surface area (TPSA) is 65.9 Å². The number of aromatic nitrogens is 1. The highest BCUT2D eigenvalue weighted by atomic mass is 16.2. The quantitative estimate of drug-likeness (QED) is 0.659. The van der Waals surface area contributed by atoms with Crippen LogP contribution in [0.3, 0.4) is 0 Å². The van der Waals surface area contributed by atoms with Crippen molar-refractivity contribution in [1.82, 2.24) is 14.8 Å². The molecule has 6 nitrogen and oxygen atoms in total. The van der Waals surface area contributed by atoms with Gasteiger partial charge in [-0.2, -0.15) is 0 Å². The van der Waals surface area contributed by atoms with Crippen LogP contribution in [0.25, 0.3) is 0 Å². The number of likely N-dealkylation sites (tertiary alicyclic amines) is 1. The molecule has 2 atom stereocenters. The fraction of sp³-hybridized carbons (Fsp3) is 0.619. The number of piperidine rings is 1. The van der Waals surface area contributed by atoms with E-state index in [2.05, 4.69) is 23.7 Å². The fourth-order valence-electron chi connectivity index (χ4n) is 4.02. The number of carbonyl (C=O) groups excluding carboxylic acids is 2. The van der Waals surface area contributed by atoms with Crippen molar-refractivity contribution in [3.63, 3.8) is 0 Å². The first-order valence-electron chi connectivity index (χ1n) is 10.1. The number of hydrogen-bond donors (Lipinski definition) is 0. The van der Waals surface area contributed by atoms with Crippen LogP contribution in [0.15, 0.2) is 29.5 Å². The summed E-state index contributed by atoms with van der Waals surface area (Å²) in [7, 11) is 0. The zero-order chi connectivity index (χ0) is 19.2. The zero-order valence-electron chi connectivity index (χ0n) is 16.4. The molecule has 2 aliphatic heterocycles. The highest BCUT2D eigenvalue weighted by Gasteiger charge is 2.37. The lowest BCUT2D eigenvalue weighted by molar-refractivity contribution is -0.133. The molecular formula is C21H30N4O2. The predicted octanol–water partition coefficient (Wildman–Crippen LogP) is 2.33. The van der Waals surface area contributed by atoms with Gasteiger partial charge in [0.25, 0.3) is 0 Å². The minimum absolute atomic E-state index is 0.00853. The van der Waals surface area contributed by atoms with Crippen molar-refractivity contribution in [2.24, 2.45) is 10.9 Å². The molecule has 3 rings (SSSR count). The lowest BCUT2D eigenvalue weighted by Crippen LogP contribution is -2.44. The molecule has 0 spiro atoms. The summed E-state index contributed by atoms with van der Waals surface area (Å²) in [5.74, 6) is 1.53. The molecule has 1 saturated heterocycles. The first-order chi connectivity index (χ1) is 13.1. The van der Waals surface area contributed by atoms with Gasteiger partial charge in [-0.25, -0.2) is 0 Å². The van der Waals surface area contributed by atoms with Crippen molar-refractivity contribution in [1.29, 1.82) is 0 Å². The van der Waals surface area contributed by atoms with E-state index in [0.717, 1.165) is 56.6 Å². The third-order valence-corrected chi connectivity index (χ3v) is 5.50. The van der Waals surface area contributed by atoms with Gasteiger partial charge in [0.1, 0.15) is 18.2 Å². The van der Waals surface area contributed by atoms with Crippen molar-refractivity contribution in [3.8, 4) is 0 Å². The van der Waals surface area contributed by atoms with Crippen LogP contribution in [-0.2, 0) is 16.0 Å². The molecule has 0 aliphatic carbocycles. The van der Waals surface area contributed by atoms with Crippen LogP contribution >= 0.6 is 0 Å². The van der Waals surface area contributed by atoms with Crippen LogP contribution in [-0.4, -0.2) is 64.5 Å². The summed E-state index contributed by atoms with van der Waals surface area (Å²) in [6, 6.07) is 3.74. The van der Waals surface area contributed by atoms with E-state index in [1.165, 1.54) is 0 Å². The maximum Gasteiger partial charge on any atom is 0.222 e. The highest BCUT2D eigenvalue weighted by Crippen LogP contribution is 2.25. The summed E-state index contributed by atoms with van der Waals surface area (Å²) in [5, 5.41) is 0. The minimum atomic E-state index is -0.214. The molecule has 1 aromatic rings. The Morgan fingerprint density at radius 2 is 2.15 bits per heavy atom. The van der Waals surface area contributed by atoms with E-state index in [1.807, 2.05) is 23.2 Å². The second-order valence-corrected chi connectivity index (χ2v) is 7.83. The normalized spacial score (nSPS) is 23.1. The number of aliphatic imine (C=N–C) groups is 1. The zero-order valence-corrected chi connectivity index (χ0v) is 16.4. The largest absolute Gasteiger partial charge is 0.348 e. The number of aldehydes is 1. The molecule has 3 heterocycles. The summed E-state index contributed by atoms with van der Waals surface area (Å²) < 4.78 is 0. The summed E-state index contributed by atoms with van der Waals surface area (Å²) >= 11 is 0. The monoisotopic (exact) mass is 370 g/mol. The van der Waals surface area contributed by atoms with Crippen LogP contribution in [0.1, 0.15) is 45.1 Å². The van der Waals surface area contributed by atoms with E-state index in [1.54, 1.807) is 6.20 Å². The third kappa shape index (κ3) is 4.73. The molecule has 1 fully saturated rings. The van der Waals surface area contributed by atoms with Gasteiger partial charge in [-0.1, -0.05) is 19.9 Å². The van der Waals surface area contributed by atoms with Crippen molar-refractivity contribution in [3.05, 3.63) is 30.1 Å². The molecule has 27 heavy (non-hydrogen) atoms. The van der Waals surface area contributed by atoms with Crippen molar-refractivity contribution >= 4 is 18.0 Å². The number of nitrogens with zero attached hydrogens (tertiary/aromatic N) is 4. The van der Waals surface area contributed by atoms with Gasteiger partial charge < -0.3 is 14.6 Å². The summed E-state index contributed by atoms with van der Waals surface area (Å²) in [6.07, 6.45) is 8.96. The number of carbonyl (C=O) groups is 2. The minimum Gasteiger partial charge on any atom is -0.348 e. The summed E-state index contributed by atoms with van der Waals surface area (Å²) in [6.45, 7) is 6.59. The van der Waals surface area contributed by atoms with E-state index in [-0.39, 0.29) is 18.0 Å². The Labute approximate surface area is 161 Å². The Morgan fingerprint density at radius 1 is 1.30 bits per heavy atom. The van der Waals surface area contributed by atoms with Crippen LogP contribution in [0, 0.1) is 5.92 Å². The third-order valence-electron chi connectivity index (χ3n) is 5.50. The number of pyridine rings is 1. The molecule has 0 bridgehead atoms. The second-order valence-electron chi connectivity index (χ2n) is 7.83. The number of hydrogen-bond acceptors (Lipinski definition) is 5. The number of amides is 1. The molecule has 2 unspecified atom stereocenters. The maximum atomic E-state index is 12.0. The van der Waals surface area contributed by atoms with E-state index < -0.39 is 0 Å². The molecule has 1 aromatic heterocycles.